The van der Waals surface area contributed by atoms with Crippen molar-refractivity contribution in [2.75, 3.05) is 0 Å². The van der Waals surface area contributed by atoms with Crippen molar-refractivity contribution in [1.82, 2.24) is 34.4 Å². The smallest absolute Gasteiger partial charge is 0.251 e. The zero-order chi connectivity index (χ0) is 19.6. The molecule has 0 radical (unpaired) electrons. The lowest BCUT2D eigenvalue weighted by atomic mass is 9.91. The van der Waals surface area contributed by atoms with Crippen molar-refractivity contribution in [2.45, 2.75) is 37.8 Å². The molecule has 0 aliphatic heterocycles. The van der Waals surface area contributed by atoms with Crippen LogP contribution in [0.5, 0.6) is 0 Å². The zero-order valence-corrected chi connectivity index (χ0v) is 15.8. The molecule has 0 spiro atoms. The number of nitrogens with one attached hydrogen (secondary N) is 1. The first-order valence-electron chi connectivity index (χ1n) is 9.80. The third-order valence-corrected chi connectivity index (χ3v) is 5.53. The predicted octanol–water partition coefficient (Wildman–Crippen LogP) is 2.90. The van der Waals surface area contributed by atoms with Crippen LogP contribution >= 0.6 is 0 Å². The number of carbonyl (C=O) groups is 1. The molecule has 1 amide bonds. The molecule has 1 aliphatic rings. The van der Waals surface area contributed by atoms with Crippen LogP contribution in [-0.4, -0.2) is 41.1 Å². The molecule has 5 rings (SSSR count). The Balaban J connectivity index is 1.19. The molecule has 1 N–H and O–H groups in total. The topological polar surface area (TPSA) is 90.0 Å². The van der Waals surface area contributed by atoms with Gasteiger partial charge in [0.15, 0.2) is 0 Å². The summed E-state index contributed by atoms with van der Waals surface area (Å²) >= 11 is 0. The fourth-order valence-electron chi connectivity index (χ4n) is 3.92. The normalized spacial score (nSPS) is 19.3. The largest absolute Gasteiger partial charge is 0.349 e. The number of amides is 1. The van der Waals surface area contributed by atoms with E-state index >= 15 is 0 Å². The SMILES string of the molecule is O=C(NC1CCC(n2cc(-c3cnccn3)cn2)CC1)c1ccn2ccnc2c1. The Morgan fingerprint density at radius 3 is 2.76 bits per heavy atom. The van der Waals surface area contributed by atoms with Gasteiger partial charge in [0.25, 0.3) is 5.91 Å². The van der Waals surface area contributed by atoms with Crippen LogP contribution in [-0.2, 0) is 0 Å². The highest BCUT2D eigenvalue weighted by molar-refractivity contribution is 5.95. The molecule has 8 nitrogen and oxygen atoms in total. The summed E-state index contributed by atoms with van der Waals surface area (Å²) in [5, 5.41) is 7.70. The monoisotopic (exact) mass is 387 g/mol. The van der Waals surface area contributed by atoms with Crippen molar-refractivity contribution >= 4 is 11.6 Å². The van der Waals surface area contributed by atoms with Gasteiger partial charge in [0.1, 0.15) is 5.65 Å². The molecule has 0 atom stereocenters. The first-order chi connectivity index (χ1) is 14.3. The first kappa shape index (κ1) is 17.5. The number of pyridine rings is 1. The molecular weight excluding hydrogens is 366 g/mol. The summed E-state index contributed by atoms with van der Waals surface area (Å²) in [4.78, 5) is 25.3. The fraction of sp³-hybridized carbons (Fsp3) is 0.286. The van der Waals surface area contributed by atoms with Crippen LogP contribution in [0.3, 0.4) is 0 Å². The van der Waals surface area contributed by atoms with Crippen molar-refractivity contribution in [3.63, 3.8) is 0 Å². The van der Waals surface area contributed by atoms with E-state index in [1.165, 1.54) is 0 Å². The molecule has 4 aromatic rings. The average Bonchev–Trinajstić information content (AvgIpc) is 3.44. The van der Waals surface area contributed by atoms with Crippen LogP contribution in [0.25, 0.3) is 16.9 Å². The van der Waals surface area contributed by atoms with Gasteiger partial charge >= 0.3 is 0 Å². The molecule has 4 heterocycles. The Labute approximate surface area is 167 Å². The number of carbonyl (C=O) groups excluding carboxylic acids is 1. The summed E-state index contributed by atoms with van der Waals surface area (Å²) in [6.07, 6.45) is 18.2. The van der Waals surface area contributed by atoms with Gasteiger partial charge in [0, 0.05) is 54.3 Å². The van der Waals surface area contributed by atoms with Gasteiger partial charge in [-0.15, -0.1) is 0 Å². The lowest BCUT2D eigenvalue weighted by Crippen LogP contribution is -2.38. The predicted molar refractivity (Wildman–Crippen MR) is 107 cm³/mol. The van der Waals surface area contributed by atoms with Crippen molar-refractivity contribution < 1.29 is 4.79 Å². The van der Waals surface area contributed by atoms with E-state index in [1.54, 1.807) is 24.8 Å². The molecule has 29 heavy (non-hydrogen) atoms. The maximum absolute atomic E-state index is 12.6. The number of hydrogen-bond acceptors (Lipinski definition) is 5. The standard InChI is InChI=1S/C21H21N7O/c29-21(15-5-9-27-10-8-24-20(27)11-15)26-17-1-3-18(4-2-17)28-14-16(12-25-28)19-13-22-6-7-23-19/h5-14,17-18H,1-4H2,(H,26,29). The van der Waals surface area contributed by atoms with Crippen molar-refractivity contribution in [3.8, 4) is 11.3 Å². The van der Waals surface area contributed by atoms with Crippen LogP contribution in [0, 0.1) is 0 Å². The molecular formula is C21H21N7O. The number of nitrogens with zero attached hydrogens (tertiary/aromatic N) is 6. The van der Waals surface area contributed by atoms with Gasteiger partial charge in [-0.2, -0.15) is 5.10 Å². The second-order valence-electron chi connectivity index (χ2n) is 7.39. The van der Waals surface area contributed by atoms with E-state index in [0.717, 1.165) is 42.6 Å². The number of aromatic nitrogens is 6. The van der Waals surface area contributed by atoms with E-state index in [9.17, 15) is 4.79 Å². The third kappa shape index (κ3) is 3.61. The zero-order valence-electron chi connectivity index (χ0n) is 15.8. The van der Waals surface area contributed by atoms with E-state index in [-0.39, 0.29) is 11.9 Å². The maximum Gasteiger partial charge on any atom is 0.251 e. The van der Waals surface area contributed by atoms with Gasteiger partial charge in [0.2, 0.25) is 0 Å². The summed E-state index contributed by atoms with van der Waals surface area (Å²) in [6.45, 7) is 0. The lowest BCUT2D eigenvalue weighted by molar-refractivity contribution is 0.0921. The van der Waals surface area contributed by atoms with Gasteiger partial charge in [-0.25, -0.2) is 4.98 Å². The van der Waals surface area contributed by atoms with Crippen LogP contribution in [0.1, 0.15) is 42.1 Å². The number of imidazole rings is 1. The van der Waals surface area contributed by atoms with Gasteiger partial charge in [-0.05, 0) is 37.8 Å². The molecule has 1 fully saturated rings. The van der Waals surface area contributed by atoms with Crippen molar-refractivity contribution in [1.29, 1.82) is 0 Å². The molecule has 1 saturated carbocycles. The maximum atomic E-state index is 12.6. The van der Waals surface area contributed by atoms with Gasteiger partial charge in [-0.3, -0.25) is 19.4 Å². The first-order valence-corrected chi connectivity index (χ1v) is 9.80. The van der Waals surface area contributed by atoms with Crippen LogP contribution < -0.4 is 5.32 Å². The second-order valence-corrected chi connectivity index (χ2v) is 7.39. The highest BCUT2D eigenvalue weighted by Gasteiger charge is 2.24. The van der Waals surface area contributed by atoms with E-state index < -0.39 is 0 Å². The summed E-state index contributed by atoms with van der Waals surface area (Å²) in [5.74, 6) is -0.0389. The fourth-order valence-corrected chi connectivity index (χ4v) is 3.92. The average molecular weight is 387 g/mol. The van der Waals surface area contributed by atoms with Crippen molar-refractivity contribution in [3.05, 3.63) is 67.3 Å². The molecule has 8 heteroatoms. The summed E-state index contributed by atoms with van der Waals surface area (Å²) in [7, 11) is 0. The molecule has 4 aromatic heterocycles. The number of rotatable bonds is 4. The third-order valence-electron chi connectivity index (χ3n) is 5.53. The van der Waals surface area contributed by atoms with E-state index in [0.29, 0.717) is 11.6 Å². The van der Waals surface area contributed by atoms with Crippen LogP contribution in [0.4, 0.5) is 0 Å². The van der Waals surface area contributed by atoms with Crippen molar-refractivity contribution in [2.24, 2.45) is 0 Å². The number of hydrogen-bond donors (Lipinski definition) is 1. The molecule has 0 saturated heterocycles. The molecule has 0 unspecified atom stereocenters. The minimum Gasteiger partial charge on any atom is -0.349 e. The molecule has 1 aliphatic carbocycles. The van der Waals surface area contributed by atoms with E-state index in [4.69, 9.17) is 0 Å². The van der Waals surface area contributed by atoms with Gasteiger partial charge < -0.3 is 9.72 Å². The van der Waals surface area contributed by atoms with E-state index in [2.05, 4.69) is 25.4 Å². The highest BCUT2D eigenvalue weighted by atomic mass is 16.1. The highest BCUT2D eigenvalue weighted by Crippen LogP contribution is 2.29. The van der Waals surface area contributed by atoms with Crippen LogP contribution in [0.2, 0.25) is 0 Å². The molecule has 146 valence electrons. The minimum atomic E-state index is -0.0389. The quantitative estimate of drug-likeness (QED) is 0.581. The Bertz CT molecular complexity index is 1130. The van der Waals surface area contributed by atoms with Crippen LogP contribution in [0.15, 0.2) is 61.7 Å². The van der Waals surface area contributed by atoms with Gasteiger partial charge in [-0.1, -0.05) is 0 Å². The second kappa shape index (κ2) is 7.46. The Kier molecular flexibility index (Phi) is 4.51. The Morgan fingerprint density at radius 1 is 1.03 bits per heavy atom. The summed E-state index contributed by atoms with van der Waals surface area (Å²) in [6, 6.07) is 4.17. The molecule has 0 bridgehead atoms. The van der Waals surface area contributed by atoms with E-state index in [1.807, 2.05) is 46.0 Å². The Hall–Kier alpha value is -3.55. The summed E-state index contributed by atoms with van der Waals surface area (Å²) in [5.41, 5.74) is 3.22. The Morgan fingerprint density at radius 2 is 1.93 bits per heavy atom. The van der Waals surface area contributed by atoms with Gasteiger partial charge in [0.05, 0.1) is 24.1 Å². The lowest BCUT2D eigenvalue weighted by Gasteiger charge is -2.29. The molecule has 0 aromatic carbocycles. The number of fused-ring (bicyclic) bond motifs is 1. The minimum absolute atomic E-state index is 0.0389. The summed E-state index contributed by atoms with van der Waals surface area (Å²) < 4.78 is 3.91.